The second-order valence-corrected chi connectivity index (χ2v) is 5.46. The number of rotatable bonds is 4. The van der Waals surface area contributed by atoms with Gasteiger partial charge in [0.05, 0.1) is 18.2 Å². The van der Waals surface area contributed by atoms with Crippen LogP contribution in [0.1, 0.15) is 37.8 Å². The van der Waals surface area contributed by atoms with Crippen LogP contribution in [-0.2, 0) is 18.4 Å². The van der Waals surface area contributed by atoms with Gasteiger partial charge in [0.2, 0.25) is 0 Å². The monoisotopic (exact) mass is 294 g/mol. The quantitative estimate of drug-likeness (QED) is 0.728. The number of hydrogen-bond acceptors (Lipinski definition) is 3. The van der Waals surface area contributed by atoms with Crippen LogP contribution in [0.4, 0.5) is 4.79 Å². The summed E-state index contributed by atoms with van der Waals surface area (Å²) in [6, 6.07) is 1.21. The van der Waals surface area contributed by atoms with Gasteiger partial charge in [0.1, 0.15) is 0 Å². The summed E-state index contributed by atoms with van der Waals surface area (Å²) >= 11 is 0. The average Bonchev–Trinajstić information content (AvgIpc) is 2.70. The molecule has 1 aromatic heterocycles. The van der Waals surface area contributed by atoms with Crippen molar-refractivity contribution in [2.24, 2.45) is 13.0 Å². The summed E-state index contributed by atoms with van der Waals surface area (Å²) in [5.74, 6) is -1.32. The van der Waals surface area contributed by atoms with Crippen molar-refractivity contribution in [1.29, 1.82) is 0 Å². The topological polar surface area (TPSA) is 96.3 Å². The van der Waals surface area contributed by atoms with Gasteiger partial charge in [-0.15, -0.1) is 0 Å². The van der Waals surface area contributed by atoms with Crippen LogP contribution in [0.2, 0.25) is 0 Å². The van der Waals surface area contributed by atoms with Crippen LogP contribution in [0.25, 0.3) is 0 Å². The summed E-state index contributed by atoms with van der Waals surface area (Å²) < 4.78 is 1.69. The summed E-state index contributed by atoms with van der Waals surface area (Å²) in [6.07, 6.45) is 5.90. The van der Waals surface area contributed by atoms with E-state index in [9.17, 15) is 14.7 Å². The first kappa shape index (κ1) is 15.3. The van der Waals surface area contributed by atoms with Gasteiger partial charge < -0.3 is 15.7 Å². The largest absolute Gasteiger partial charge is 0.481 e. The zero-order valence-electron chi connectivity index (χ0n) is 12.2. The minimum absolute atomic E-state index is 0.295. The van der Waals surface area contributed by atoms with E-state index in [1.165, 1.54) is 0 Å². The van der Waals surface area contributed by atoms with Crippen molar-refractivity contribution in [2.75, 3.05) is 0 Å². The highest BCUT2D eigenvalue weighted by molar-refractivity contribution is 5.76. The lowest BCUT2D eigenvalue weighted by molar-refractivity contribution is -0.142. The Hall–Kier alpha value is -2.05. The fourth-order valence-corrected chi connectivity index (χ4v) is 2.74. The molecule has 0 aromatic carbocycles. The third-order valence-corrected chi connectivity index (χ3v) is 4.00. The van der Waals surface area contributed by atoms with Crippen LogP contribution in [0.15, 0.2) is 12.3 Å². The van der Waals surface area contributed by atoms with Crippen molar-refractivity contribution in [1.82, 2.24) is 20.4 Å². The lowest BCUT2D eigenvalue weighted by Crippen LogP contribution is -2.47. The summed E-state index contributed by atoms with van der Waals surface area (Å²) in [7, 11) is 1.81. The molecule has 1 heterocycles. The van der Waals surface area contributed by atoms with E-state index < -0.39 is 11.9 Å². The Labute approximate surface area is 123 Å². The molecule has 2 unspecified atom stereocenters. The predicted molar refractivity (Wildman–Crippen MR) is 76.6 cm³/mol. The lowest BCUT2D eigenvalue weighted by Gasteiger charge is -2.23. The molecule has 0 aliphatic heterocycles. The molecule has 1 aliphatic carbocycles. The number of urea groups is 1. The van der Waals surface area contributed by atoms with Gasteiger partial charge in [0.25, 0.3) is 0 Å². The van der Waals surface area contributed by atoms with E-state index in [0.717, 1.165) is 31.4 Å². The first-order valence-corrected chi connectivity index (χ1v) is 7.32. The summed E-state index contributed by atoms with van der Waals surface area (Å²) in [6.45, 7) is 0.368. The van der Waals surface area contributed by atoms with Crippen LogP contribution in [0, 0.1) is 5.92 Å². The second-order valence-electron chi connectivity index (χ2n) is 5.46. The van der Waals surface area contributed by atoms with Crippen LogP contribution < -0.4 is 10.6 Å². The Morgan fingerprint density at radius 1 is 1.38 bits per heavy atom. The van der Waals surface area contributed by atoms with Crippen molar-refractivity contribution in [3.05, 3.63) is 18.0 Å². The predicted octanol–water partition coefficient (Wildman–Crippen LogP) is 1.25. The molecule has 7 nitrogen and oxygen atoms in total. The molecule has 1 fully saturated rings. The van der Waals surface area contributed by atoms with Crippen molar-refractivity contribution in [3.8, 4) is 0 Å². The zero-order chi connectivity index (χ0) is 15.2. The third kappa shape index (κ3) is 4.21. The van der Waals surface area contributed by atoms with E-state index in [4.69, 9.17) is 0 Å². The molecule has 1 aromatic rings. The van der Waals surface area contributed by atoms with Crippen LogP contribution in [0.3, 0.4) is 0 Å². The number of aromatic nitrogens is 2. The maximum Gasteiger partial charge on any atom is 0.315 e. The number of carboxylic acids is 1. The van der Waals surface area contributed by atoms with Crippen LogP contribution in [-0.4, -0.2) is 32.9 Å². The van der Waals surface area contributed by atoms with Crippen LogP contribution in [0.5, 0.6) is 0 Å². The van der Waals surface area contributed by atoms with E-state index in [0.29, 0.717) is 13.0 Å². The summed E-state index contributed by atoms with van der Waals surface area (Å²) in [4.78, 5) is 23.3. The highest BCUT2D eigenvalue weighted by Crippen LogP contribution is 2.23. The number of nitrogens with one attached hydrogen (secondary N) is 2. The molecule has 0 bridgehead atoms. The maximum absolute atomic E-state index is 12.0. The molecule has 3 N–H and O–H groups in total. The molecule has 0 saturated heterocycles. The second kappa shape index (κ2) is 7.10. The van der Waals surface area contributed by atoms with E-state index in [2.05, 4.69) is 15.7 Å². The van der Waals surface area contributed by atoms with Gasteiger partial charge in [-0.25, -0.2) is 4.79 Å². The molecule has 2 atom stereocenters. The summed E-state index contributed by atoms with van der Waals surface area (Å²) in [5.41, 5.74) is 0.890. The number of hydrogen-bond donors (Lipinski definition) is 3. The molecule has 0 radical (unpaired) electrons. The molecule has 116 valence electrons. The summed E-state index contributed by atoms with van der Waals surface area (Å²) in [5, 5.41) is 18.9. The standard InChI is InChI=1S/C14H22N4O3/c1-18-10(7-8-16-18)9-15-14(21)17-12-6-4-2-3-5-11(12)13(19)20/h7-8,11-12H,2-6,9H2,1H3,(H,19,20)(H2,15,17,21). The molecule has 7 heteroatoms. The molecule has 2 amide bonds. The zero-order valence-corrected chi connectivity index (χ0v) is 12.2. The Bertz CT molecular complexity index is 500. The van der Waals surface area contributed by atoms with Crippen molar-refractivity contribution < 1.29 is 14.7 Å². The molecule has 1 aliphatic rings. The Morgan fingerprint density at radius 2 is 2.14 bits per heavy atom. The van der Waals surface area contributed by atoms with Gasteiger partial charge in [-0.05, 0) is 18.9 Å². The van der Waals surface area contributed by atoms with Gasteiger partial charge in [0, 0.05) is 19.3 Å². The molecule has 1 saturated carbocycles. The number of nitrogens with zero attached hydrogens (tertiary/aromatic N) is 2. The van der Waals surface area contributed by atoms with E-state index in [1.807, 2.05) is 6.07 Å². The van der Waals surface area contributed by atoms with Crippen molar-refractivity contribution >= 4 is 12.0 Å². The van der Waals surface area contributed by atoms with Gasteiger partial charge in [-0.3, -0.25) is 9.48 Å². The first-order chi connectivity index (χ1) is 10.1. The SMILES string of the molecule is Cn1nccc1CNC(=O)NC1CCCCCC1C(=O)O. The van der Waals surface area contributed by atoms with Gasteiger partial charge in [-0.2, -0.15) is 5.10 Å². The minimum Gasteiger partial charge on any atom is -0.481 e. The van der Waals surface area contributed by atoms with Crippen LogP contribution >= 0.6 is 0 Å². The first-order valence-electron chi connectivity index (χ1n) is 7.32. The Kier molecular flexibility index (Phi) is 5.19. The maximum atomic E-state index is 12.0. The van der Waals surface area contributed by atoms with Gasteiger partial charge in [-0.1, -0.05) is 19.3 Å². The molecule has 21 heavy (non-hydrogen) atoms. The molecule has 0 spiro atoms. The molecule has 2 rings (SSSR count). The van der Waals surface area contributed by atoms with E-state index in [1.54, 1.807) is 17.9 Å². The minimum atomic E-state index is -0.825. The normalized spacial score (nSPS) is 22.3. The number of carbonyl (C=O) groups is 2. The number of carbonyl (C=O) groups excluding carboxylic acids is 1. The van der Waals surface area contributed by atoms with E-state index >= 15 is 0 Å². The fourth-order valence-electron chi connectivity index (χ4n) is 2.74. The van der Waals surface area contributed by atoms with Gasteiger partial charge >= 0.3 is 12.0 Å². The molecular formula is C14H22N4O3. The number of aliphatic carboxylic acids is 1. The van der Waals surface area contributed by atoms with Crippen molar-refractivity contribution in [3.63, 3.8) is 0 Å². The average molecular weight is 294 g/mol. The Balaban J connectivity index is 1.87. The fraction of sp³-hybridized carbons (Fsp3) is 0.643. The Morgan fingerprint density at radius 3 is 2.81 bits per heavy atom. The van der Waals surface area contributed by atoms with E-state index in [-0.39, 0.29) is 12.1 Å². The number of aryl methyl sites for hydroxylation is 1. The highest BCUT2D eigenvalue weighted by Gasteiger charge is 2.30. The lowest BCUT2D eigenvalue weighted by atomic mass is 9.95. The number of carboxylic acid groups (broad SMARTS) is 1. The van der Waals surface area contributed by atoms with Crippen molar-refractivity contribution in [2.45, 2.75) is 44.7 Å². The van der Waals surface area contributed by atoms with Gasteiger partial charge in [0.15, 0.2) is 0 Å². The smallest absolute Gasteiger partial charge is 0.315 e. The highest BCUT2D eigenvalue weighted by atomic mass is 16.4. The molecular weight excluding hydrogens is 272 g/mol. The number of amides is 2. The third-order valence-electron chi connectivity index (χ3n) is 4.00.